The van der Waals surface area contributed by atoms with Gasteiger partial charge in [0.25, 0.3) is 5.91 Å². The lowest BCUT2D eigenvalue weighted by Gasteiger charge is -2.14. The van der Waals surface area contributed by atoms with Crippen LogP contribution in [0.25, 0.3) is 0 Å². The minimum absolute atomic E-state index is 0.178. The van der Waals surface area contributed by atoms with Crippen molar-refractivity contribution in [3.63, 3.8) is 0 Å². The monoisotopic (exact) mass is 345 g/mol. The summed E-state index contributed by atoms with van der Waals surface area (Å²) in [6, 6.07) is 13.8. The molecule has 3 rings (SSSR count). The van der Waals surface area contributed by atoms with Gasteiger partial charge in [0.05, 0.1) is 17.4 Å². The summed E-state index contributed by atoms with van der Waals surface area (Å²) in [5, 5.41) is 6.29. The highest BCUT2D eigenvalue weighted by atomic mass is 16.1. The number of nitrogens with one attached hydrogen (secondary N) is 2. The van der Waals surface area contributed by atoms with Crippen LogP contribution in [-0.2, 0) is 0 Å². The largest absolute Gasteiger partial charge is 0.354 e. The number of carbonyl (C=O) groups excluding carboxylic acids is 1. The fourth-order valence-corrected chi connectivity index (χ4v) is 2.99. The average Bonchev–Trinajstić information content (AvgIpc) is 2.60. The molecule has 132 valence electrons. The fourth-order valence-electron chi connectivity index (χ4n) is 2.99. The molecule has 4 heteroatoms. The summed E-state index contributed by atoms with van der Waals surface area (Å²) in [5.41, 5.74) is 7.83. The number of carbonyl (C=O) groups is 1. The van der Waals surface area contributed by atoms with E-state index >= 15 is 0 Å². The van der Waals surface area contributed by atoms with Crippen LogP contribution in [0.5, 0.6) is 0 Å². The van der Waals surface area contributed by atoms with Gasteiger partial charge in [-0.15, -0.1) is 0 Å². The Morgan fingerprint density at radius 2 is 1.46 bits per heavy atom. The van der Waals surface area contributed by atoms with Crippen molar-refractivity contribution in [3.8, 4) is 0 Å². The van der Waals surface area contributed by atoms with Gasteiger partial charge in [0.1, 0.15) is 0 Å². The summed E-state index contributed by atoms with van der Waals surface area (Å²) in [7, 11) is 0. The number of hydrogen-bond donors (Lipinski definition) is 2. The third-order valence-corrected chi connectivity index (χ3v) is 4.26. The van der Waals surface area contributed by atoms with Crippen molar-refractivity contribution in [3.05, 3.63) is 82.7 Å². The molecule has 0 atom stereocenters. The lowest BCUT2D eigenvalue weighted by molar-refractivity contribution is 0.102. The Labute approximate surface area is 154 Å². The molecule has 26 heavy (non-hydrogen) atoms. The average molecular weight is 345 g/mol. The van der Waals surface area contributed by atoms with Gasteiger partial charge in [0.15, 0.2) is 0 Å². The van der Waals surface area contributed by atoms with Gasteiger partial charge >= 0.3 is 0 Å². The molecule has 0 bridgehead atoms. The van der Waals surface area contributed by atoms with Crippen LogP contribution in [0.4, 0.5) is 17.1 Å². The maximum absolute atomic E-state index is 12.5. The molecule has 1 amide bonds. The molecule has 0 aliphatic carbocycles. The standard InChI is InChI=1S/C22H23N3O/c1-14-5-7-19(8-6-14)25-22(26)18-11-20(13-23-12-18)24-21-16(3)9-15(2)10-17(21)4/h5-13,24H,1-4H3,(H,25,26). The van der Waals surface area contributed by atoms with Crippen molar-refractivity contribution in [2.24, 2.45) is 0 Å². The zero-order valence-electron chi connectivity index (χ0n) is 15.6. The second kappa shape index (κ2) is 7.40. The quantitative estimate of drug-likeness (QED) is 0.673. The predicted octanol–water partition coefficient (Wildman–Crippen LogP) is 5.31. The van der Waals surface area contributed by atoms with Gasteiger partial charge in [-0.25, -0.2) is 0 Å². The van der Waals surface area contributed by atoms with Crippen molar-refractivity contribution >= 4 is 23.0 Å². The van der Waals surface area contributed by atoms with Crippen molar-refractivity contribution in [1.29, 1.82) is 0 Å². The molecule has 0 spiro atoms. The molecule has 0 radical (unpaired) electrons. The smallest absolute Gasteiger partial charge is 0.257 e. The van der Waals surface area contributed by atoms with E-state index in [0.29, 0.717) is 5.56 Å². The van der Waals surface area contributed by atoms with Crippen LogP contribution < -0.4 is 10.6 Å². The first-order valence-electron chi connectivity index (χ1n) is 8.60. The molecular formula is C22H23N3O. The number of amides is 1. The third kappa shape index (κ3) is 4.09. The Morgan fingerprint density at radius 1 is 0.808 bits per heavy atom. The highest BCUT2D eigenvalue weighted by Crippen LogP contribution is 2.26. The van der Waals surface area contributed by atoms with E-state index in [1.165, 1.54) is 5.56 Å². The summed E-state index contributed by atoms with van der Waals surface area (Å²) >= 11 is 0. The number of benzene rings is 2. The van der Waals surface area contributed by atoms with Gasteiger partial charge in [-0.2, -0.15) is 0 Å². The van der Waals surface area contributed by atoms with Crippen molar-refractivity contribution in [2.75, 3.05) is 10.6 Å². The molecule has 2 N–H and O–H groups in total. The van der Waals surface area contributed by atoms with E-state index in [-0.39, 0.29) is 5.91 Å². The van der Waals surface area contributed by atoms with Gasteiger partial charge in [0.2, 0.25) is 0 Å². The second-order valence-corrected chi connectivity index (χ2v) is 6.68. The van der Waals surface area contributed by atoms with Gasteiger partial charge < -0.3 is 10.6 Å². The SMILES string of the molecule is Cc1ccc(NC(=O)c2cncc(Nc3c(C)cc(C)cc3C)c2)cc1. The molecule has 0 unspecified atom stereocenters. The Hall–Kier alpha value is -3.14. The first kappa shape index (κ1) is 17.7. The van der Waals surface area contributed by atoms with Gasteiger partial charge in [0, 0.05) is 17.6 Å². The molecule has 1 heterocycles. The Morgan fingerprint density at radius 3 is 2.12 bits per heavy atom. The Bertz CT molecular complexity index is 923. The lowest BCUT2D eigenvalue weighted by atomic mass is 10.0. The van der Waals surface area contributed by atoms with Crippen LogP contribution in [0.15, 0.2) is 54.9 Å². The summed E-state index contributed by atoms with van der Waals surface area (Å²) < 4.78 is 0. The van der Waals surface area contributed by atoms with Crippen molar-refractivity contribution in [1.82, 2.24) is 4.98 Å². The molecule has 4 nitrogen and oxygen atoms in total. The molecule has 0 saturated carbocycles. The zero-order valence-corrected chi connectivity index (χ0v) is 15.6. The van der Waals surface area contributed by atoms with Crippen LogP contribution in [0.3, 0.4) is 0 Å². The summed E-state index contributed by atoms with van der Waals surface area (Å²) in [6.07, 6.45) is 3.30. The highest BCUT2D eigenvalue weighted by Gasteiger charge is 2.09. The van der Waals surface area contributed by atoms with E-state index in [1.54, 1.807) is 12.4 Å². The van der Waals surface area contributed by atoms with Crippen molar-refractivity contribution < 1.29 is 4.79 Å². The number of pyridine rings is 1. The van der Waals surface area contributed by atoms with E-state index < -0.39 is 0 Å². The number of nitrogens with zero attached hydrogens (tertiary/aromatic N) is 1. The lowest BCUT2D eigenvalue weighted by Crippen LogP contribution is -2.12. The molecular weight excluding hydrogens is 322 g/mol. The van der Waals surface area contributed by atoms with Gasteiger partial charge in [-0.05, 0) is 57.0 Å². The van der Waals surface area contributed by atoms with Crippen LogP contribution in [-0.4, -0.2) is 10.9 Å². The van der Waals surface area contributed by atoms with E-state index in [4.69, 9.17) is 0 Å². The maximum atomic E-state index is 12.5. The van der Waals surface area contributed by atoms with Crippen LogP contribution in [0.2, 0.25) is 0 Å². The first-order chi connectivity index (χ1) is 12.4. The molecule has 1 aromatic heterocycles. The van der Waals surface area contributed by atoms with E-state index in [0.717, 1.165) is 33.8 Å². The minimum atomic E-state index is -0.178. The Balaban J connectivity index is 1.80. The fraction of sp³-hybridized carbons (Fsp3) is 0.182. The molecule has 0 aliphatic rings. The maximum Gasteiger partial charge on any atom is 0.257 e. The third-order valence-electron chi connectivity index (χ3n) is 4.26. The van der Waals surface area contributed by atoms with E-state index in [2.05, 4.69) is 48.5 Å². The van der Waals surface area contributed by atoms with Crippen LogP contribution in [0.1, 0.15) is 32.6 Å². The number of rotatable bonds is 4. The van der Waals surface area contributed by atoms with Gasteiger partial charge in [-0.3, -0.25) is 9.78 Å². The topological polar surface area (TPSA) is 54.0 Å². The molecule has 0 saturated heterocycles. The highest BCUT2D eigenvalue weighted by molar-refractivity contribution is 6.04. The number of anilines is 3. The van der Waals surface area contributed by atoms with Crippen molar-refractivity contribution in [2.45, 2.75) is 27.7 Å². The predicted molar refractivity (Wildman–Crippen MR) is 107 cm³/mol. The molecule has 0 fully saturated rings. The van der Waals surface area contributed by atoms with E-state index in [9.17, 15) is 4.79 Å². The Kier molecular flexibility index (Phi) is 5.03. The van der Waals surface area contributed by atoms with E-state index in [1.807, 2.05) is 37.3 Å². The molecule has 3 aromatic rings. The molecule has 0 aliphatic heterocycles. The summed E-state index contributed by atoms with van der Waals surface area (Å²) in [5.74, 6) is -0.178. The summed E-state index contributed by atoms with van der Waals surface area (Å²) in [4.78, 5) is 16.7. The normalized spacial score (nSPS) is 10.5. The number of aryl methyl sites for hydroxylation is 4. The number of aromatic nitrogens is 1. The van der Waals surface area contributed by atoms with Crippen LogP contribution in [0, 0.1) is 27.7 Å². The van der Waals surface area contributed by atoms with Crippen LogP contribution >= 0.6 is 0 Å². The second-order valence-electron chi connectivity index (χ2n) is 6.68. The minimum Gasteiger partial charge on any atom is -0.354 e. The number of hydrogen-bond acceptors (Lipinski definition) is 3. The van der Waals surface area contributed by atoms with Gasteiger partial charge in [-0.1, -0.05) is 35.4 Å². The first-order valence-corrected chi connectivity index (χ1v) is 8.60. The molecule has 2 aromatic carbocycles. The summed E-state index contributed by atoms with van der Waals surface area (Å²) in [6.45, 7) is 8.24. The zero-order chi connectivity index (χ0) is 18.7.